The molecule has 0 aromatic carbocycles. The fraction of sp³-hybridized carbons (Fsp3) is 0.923. The predicted molar refractivity (Wildman–Crippen MR) is 122 cm³/mol. The van der Waals surface area contributed by atoms with Crippen LogP contribution in [0, 0.1) is 17.3 Å². The first-order valence-electron chi connectivity index (χ1n) is 12.1. The lowest BCUT2D eigenvalue weighted by Gasteiger charge is -2.25. The van der Waals surface area contributed by atoms with Gasteiger partial charge in [0.2, 0.25) is 0 Å². The molecule has 0 saturated heterocycles. The molecule has 0 fully saturated rings. The maximum atomic E-state index is 3.97. The molecule has 0 rings (SSSR count). The van der Waals surface area contributed by atoms with Crippen LogP contribution in [0.5, 0.6) is 0 Å². The molecule has 0 spiro atoms. The third-order valence-electron chi connectivity index (χ3n) is 6.53. The lowest BCUT2D eigenvalue weighted by atomic mass is 9.80. The first kappa shape index (κ1) is 25.7. The van der Waals surface area contributed by atoms with Crippen LogP contribution in [0.4, 0.5) is 0 Å². The Morgan fingerprint density at radius 3 is 1.46 bits per heavy atom. The maximum absolute atomic E-state index is 3.97. The van der Waals surface area contributed by atoms with E-state index in [-0.39, 0.29) is 0 Å². The van der Waals surface area contributed by atoms with E-state index in [0.29, 0.717) is 5.41 Å². The number of hydrogen-bond donors (Lipinski definition) is 0. The third kappa shape index (κ3) is 16.0. The van der Waals surface area contributed by atoms with Crippen LogP contribution in [0.3, 0.4) is 0 Å². The summed E-state index contributed by atoms with van der Waals surface area (Å²) < 4.78 is 0. The number of unbranched alkanes of at least 4 members (excludes halogenated alkanes) is 12. The average molecular weight is 365 g/mol. The van der Waals surface area contributed by atoms with Gasteiger partial charge in [0.25, 0.3) is 0 Å². The minimum atomic E-state index is 0.309. The molecule has 0 radical (unpaired) electrons. The second kappa shape index (κ2) is 16.9. The van der Waals surface area contributed by atoms with Gasteiger partial charge >= 0.3 is 0 Å². The van der Waals surface area contributed by atoms with E-state index in [1.54, 1.807) is 0 Å². The summed E-state index contributed by atoms with van der Waals surface area (Å²) in [5, 5.41) is 0. The summed E-state index contributed by atoms with van der Waals surface area (Å²) in [7, 11) is 0. The molecule has 0 aliphatic rings. The second-order valence-electron chi connectivity index (χ2n) is 9.72. The predicted octanol–water partition coefficient (Wildman–Crippen LogP) is 9.73. The molecular formula is C26H52. The lowest BCUT2D eigenvalue weighted by molar-refractivity contribution is 0.289. The highest BCUT2D eigenvalue weighted by molar-refractivity contribution is 4.87. The summed E-state index contributed by atoms with van der Waals surface area (Å²) in [6, 6.07) is 0. The topological polar surface area (TPSA) is 0 Å². The molecule has 2 atom stereocenters. The molecule has 0 nitrogen and oxygen atoms in total. The monoisotopic (exact) mass is 364 g/mol. The molecule has 0 amide bonds. The Labute approximate surface area is 167 Å². The van der Waals surface area contributed by atoms with E-state index < -0.39 is 0 Å². The number of rotatable bonds is 19. The van der Waals surface area contributed by atoms with Gasteiger partial charge in [0, 0.05) is 0 Å². The van der Waals surface area contributed by atoms with Crippen molar-refractivity contribution in [3.05, 3.63) is 12.7 Å². The molecule has 0 bridgehead atoms. The quantitative estimate of drug-likeness (QED) is 0.158. The summed E-state index contributed by atoms with van der Waals surface area (Å²) in [6.45, 7) is 15.8. The molecule has 0 aliphatic heterocycles. The summed E-state index contributed by atoms with van der Waals surface area (Å²) in [5.74, 6) is 1.73. The van der Waals surface area contributed by atoms with Crippen molar-refractivity contribution in [1.82, 2.24) is 0 Å². The Morgan fingerprint density at radius 1 is 0.654 bits per heavy atom. The second-order valence-corrected chi connectivity index (χ2v) is 9.72. The highest BCUT2D eigenvalue weighted by atomic mass is 14.2. The first-order chi connectivity index (χ1) is 12.4. The summed E-state index contributed by atoms with van der Waals surface area (Å²) in [5.41, 5.74) is 0.309. The van der Waals surface area contributed by atoms with Gasteiger partial charge < -0.3 is 0 Å². The SMILES string of the molecule is C=CC(C)(C)CCC(C)C(C)CCCCCCCCCCCCCCC. The van der Waals surface area contributed by atoms with Crippen molar-refractivity contribution in [3.63, 3.8) is 0 Å². The van der Waals surface area contributed by atoms with Gasteiger partial charge in [-0.25, -0.2) is 0 Å². The zero-order valence-electron chi connectivity index (χ0n) is 19.3. The van der Waals surface area contributed by atoms with E-state index in [2.05, 4.69) is 47.3 Å². The average Bonchev–Trinajstić information content (AvgIpc) is 2.63. The van der Waals surface area contributed by atoms with E-state index in [1.807, 2.05) is 0 Å². The molecular weight excluding hydrogens is 312 g/mol. The smallest absolute Gasteiger partial charge is 0.0177 e. The fourth-order valence-electron chi connectivity index (χ4n) is 3.75. The van der Waals surface area contributed by atoms with Gasteiger partial charge in [0.1, 0.15) is 0 Å². The molecule has 0 saturated carbocycles. The zero-order chi connectivity index (χ0) is 19.7. The van der Waals surface area contributed by atoms with Crippen LogP contribution in [0.25, 0.3) is 0 Å². The van der Waals surface area contributed by atoms with Crippen molar-refractivity contribution in [1.29, 1.82) is 0 Å². The van der Waals surface area contributed by atoms with Crippen molar-refractivity contribution in [2.24, 2.45) is 17.3 Å². The molecule has 0 heteroatoms. The van der Waals surface area contributed by atoms with Crippen LogP contribution in [0.15, 0.2) is 12.7 Å². The maximum Gasteiger partial charge on any atom is -0.0177 e. The summed E-state index contributed by atoms with van der Waals surface area (Å²) in [6.07, 6.45) is 25.1. The van der Waals surface area contributed by atoms with Crippen molar-refractivity contribution < 1.29 is 0 Å². The van der Waals surface area contributed by atoms with Gasteiger partial charge in [-0.2, -0.15) is 0 Å². The third-order valence-corrected chi connectivity index (χ3v) is 6.53. The van der Waals surface area contributed by atoms with E-state index in [0.717, 1.165) is 11.8 Å². The Bertz CT molecular complexity index is 301. The van der Waals surface area contributed by atoms with Gasteiger partial charge in [-0.3, -0.25) is 0 Å². The van der Waals surface area contributed by atoms with E-state index in [9.17, 15) is 0 Å². The minimum absolute atomic E-state index is 0.309. The van der Waals surface area contributed by atoms with Gasteiger partial charge in [-0.05, 0) is 30.1 Å². The summed E-state index contributed by atoms with van der Waals surface area (Å²) in [4.78, 5) is 0. The van der Waals surface area contributed by atoms with Crippen LogP contribution < -0.4 is 0 Å². The van der Waals surface area contributed by atoms with Gasteiger partial charge in [0.15, 0.2) is 0 Å². The van der Waals surface area contributed by atoms with E-state index in [1.165, 1.54) is 103 Å². The molecule has 26 heavy (non-hydrogen) atoms. The molecule has 0 aromatic heterocycles. The molecule has 2 unspecified atom stereocenters. The zero-order valence-corrected chi connectivity index (χ0v) is 19.3. The van der Waals surface area contributed by atoms with Crippen LogP contribution in [-0.2, 0) is 0 Å². The van der Waals surface area contributed by atoms with Crippen LogP contribution in [0.2, 0.25) is 0 Å². The molecule has 0 aromatic rings. The normalized spacial score (nSPS) is 14.3. The Balaban J connectivity index is 3.39. The van der Waals surface area contributed by atoms with Gasteiger partial charge in [-0.15, -0.1) is 6.58 Å². The highest BCUT2D eigenvalue weighted by Gasteiger charge is 2.17. The molecule has 0 N–H and O–H groups in total. The van der Waals surface area contributed by atoms with Crippen LogP contribution in [0.1, 0.15) is 137 Å². The number of allylic oxidation sites excluding steroid dienone is 1. The Hall–Kier alpha value is -0.260. The summed E-state index contributed by atoms with van der Waals surface area (Å²) >= 11 is 0. The lowest BCUT2D eigenvalue weighted by Crippen LogP contribution is -2.13. The molecule has 0 aliphatic carbocycles. The Morgan fingerprint density at radius 2 is 1.04 bits per heavy atom. The first-order valence-corrected chi connectivity index (χ1v) is 12.1. The molecule has 156 valence electrons. The van der Waals surface area contributed by atoms with Gasteiger partial charge in [-0.1, -0.05) is 131 Å². The largest absolute Gasteiger partial charge is 0.103 e. The van der Waals surface area contributed by atoms with E-state index in [4.69, 9.17) is 0 Å². The van der Waals surface area contributed by atoms with Crippen LogP contribution >= 0.6 is 0 Å². The van der Waals surface area contributed by atoms with Gasteiger partial charge in [0.05, 0.1) is 0 Å². The highest BCUT2D eigenvalue weighted by Crippen LogP contribution is 2.30. The van der Waals surface area contributed by atoms with Crippen molar-refractivity contribution >= 4 is 0 Å². The number of hydrogen-bond acceptors (Lipinski definition) is 0. The molecule has 0 heterocycles. The fourth-order valence-corrected chi connectivity index (χ4v) is 3.75. The van der Waals surface area contributed by atoms with Crippen LogP contribution in [-0.4, -0.2) is 0 Å². The Kier molecular flexibility index (Phi) is 16.7. The van der Waals surface area contributed by atoms with Crippen molar-refractivity contribution in [2.75, 3.05) is 0 Å². The minimum Gasteiger partial charge on any atom is -0.103 e. The van der Waals surface area contributed by atoms with Crippen molar-refractivity contribution in [3.8, 4) is 0 Å². The van der Waals surface area contributed by atoms with E-state index >= 15 is 0 Å². The van der Waals surface area contributed by atoms with Crippen molar-refractivity contribution in [2.45, 2.75) is 137 Å². The standard InChI is InChI=1S/C26H52/c1-7-9-10-11-12-13-14-15-16-17-18-19-20-21-24(3)25(4)22-23-26(5,6)8-2/h8,24-25H,2,7,9-23H2,1,3-6H3.